The third kappa shape index (κ3) is 1.46. The summed E-state index contributed by atoms with van der Waals surface area (Å²) in [6.45, 7) is 1.17. The van der Waals surface area contributed by atoms with Gasteiger partial charge in [0.05, 0.1) is 3.79 Å². The van der Waals surface area contributed by atoms with Crippen LogP contribution in [0, 0.1) is 0 Å². The largest absolute Gasteiger partial charge is 0.293 e. The molecule has 14 heavy (non-hydrogen) atoms. The molecule has 0 unspecified atom stereocenters. The molecule has 0 saturated carbocycles. The minimum absolute atomic E-state index is 0.895. The van der Waals surface area contributed by atoms with Gasteiger partial charge in [-0.05, 0) is 58.6 Å². The Morgan fingerprint density at radius 2 is 1.93 bits per heavy atom. The Balaban J connectivity index is 1.76. The van der Waals surface area contributed by atoms with E-state index in [1.165, 1.54) is 41.6 Å². The highest BCUT2D eigenvalue weighted by Crippen LogP contribution is 2.39. The van der Waals surface area contributed by atoms with Crippen LogP contribution < -0.4 is 0 Å². The summed E-state index contributed by atoms with van der Waals surface area (Å²) in [6, 6.07) is 4.05. The van der Waals surface area contributed by atoms with Gasteiger partial charge in [0.2, 0.25) is 0 Å². The number of thiophene rings is 1. The predicted octanol–water partition coefficient (Wildman–Crippen LogP) is 3.64. The Bertz CT molecular complexity index is 316. The summed E-state index contributed by atoms with van der Waals surface area (Å²) in [7, 11) is 0. The van der Waals surface area contributed by atoms with Crippen molar-refractivity contribution in [2.24, 2.45) is 0 Å². The minimum Gasteiger partial charge on any atom is -0.293 e. The van der Waals surface area contributed by atoms with Crippen molar-refractivity contribution in [3.05, 3.63) is 20.8 Å². The second-order valence-electron chi connectivity index (χ2n) is 4.35. The van der Waals surface area contributed by atoms with Crippen LogP contribution in [-0.2, 0) is 6.54 Å². The number of fused-ring (bicyclic) bond motifs is 2. The molecule has 1 aromatic heterocycles. The first-order valence-corrected chi connectivity index (χ1v) is 6.99. The highest BCUT2D eigenvalue weighted by Gasteiger charge is 2.39. The summed E-state index contributed by atoms with van der Waals surface area (Å²) >= 11 is 5.43. The van der Waals surface area contributed by atoms with Crippen LogP contribution in [0.4, 0.5) is 0 Å². The van der Waals surface area contributed by atoms with Gasteiger partial charge in [-0.25, -0.2) is 0 Å². The third-order valence-electron chi connectivity index (χ3n) is 3.65. The van der Waals surface area contributed by atoms with Gasteiger partial charge in [-0.15, -0.1) is 11.3 Å². The molecule has 2 fully saturated rings. The molecule has 76 valence electrons. The molecular weight excluding hydrogens is 258 g/mol. The summed E-state index contributed by atoms with van der Waals surface area (Å²) < 4.78 is 1.32. The second kappa shape index (κ2) is 3.62. The highest BCUT2D eigenvalue weighted by atomic mass is 79.9. The quantitative estimate of drug-likeness (QED) is 0.794. The van der Waals surface area contributed by atoms with E-state index in [4.69, 9.17) is 0 Å². The van der Waals surface area contributed by atoms with Crippen LogP contribution in [0.1, 0.15) is 31.2 Å². The molecule has 1 nitrogen and oxygen atoms in total. The molecule has 0 spiro atoms. The van der Waals surface area contributed by atoms with Crippen molar-refractivity contribution in [3.8, 4) is 0 Å². The van der Waals surface area contributed by atoms with Crippen molar-refractivity contribution in [2.75, 3.05) is 0 Å². The van der Waals surface area contributed by atoms with E-state index in [-0.39, 0.29) is 0 Å². The van der Waals surface area contributed by atoms with E-state index < -0.39 is 0 Å². The molecule has 2 aliphatic rings. The van der Waals surface area contributed by atoms with E-state index in [1.54, 1.807) is 11.3 Å². The molecule has 2 saturated heterocycles. The van der Waals surface area contributed by atoms with Crippen LogP contribution in [0.3, 0.4) is 0 Å². The molecule has 0 aliphatic carbocycles. The summed E-state index contributed by atoms with van der Waals surface area (Å²) in [5, 5.41) is 2.18. The van der Waals surface area contributed by atoms with Crippen LogP contribution in [0.15, 0.2) is 15.2 Å². The van der Waals surface area contributed by atoms with Gasteiger partial charge in [0.25, 0.3) is 0 Å². The van der Waals surface area contributed by atoms with Crippen LogP contribution in [0.25, 0.3) is 0 Å². The SMILES string of the molecule is Brc1sccc1CN1C2CCC1CC2. The predicted molar refractivity (Wildman–Crippen MR) is 63.6 cm³/mol. The Kier molecular flexibility index (Phi) is 2.42. The zero-order valence-electron chi connectivity index (χ0n) is 8.08. The van der Waals surface area contributed by atoms with Crippen molar-refractivity contribution in [1.29, 1.82) is 0 Å². The Morgan fingerprint density at radius 1 is 1.29 bits per heavy atom. The molecule has 2 aliphatic heterocycles. The monoisotopic (exact) mass is 271 g/mol. The second-order valence-corrected chi connectivity index (χ2v) is 6.59. The lowest BCUT2D eigenvalue weighted by atomic mass is 10.0. The summed E-state index contributed by atoms with van der Waals surface area (Å²) in [5.74, 6) is 0. The van der Waals surface area contributed by atoms with E-state index in [1.807, 2.05) is 0 Å². The first-order chi connectivity index (χ1) is 6.84. The molecule has 0 atom stereocenters. The third-order valence-corrected chi connectivity index (χ3v) is 5.46. The Labute approximate surface area is 97.2 Å². The van der Waals surface area contributed by atoms with Gasteiger partial charge in [-0.2, -0.15) is 0 Å². The first-order valence-electron chi connectivity index (χ1n) is 5.32. The first kappa shape index (κ1) is 9.37. The maximum absolute atomic E-state index is 3.63. The topological polar surface area (TPSA) is 3.24 Å². The maximum atomic E-state index is 3.63. The van der Waals surface area contributed by atoms with Gasteiger partial charge in [0.15, 0.2) is 0 Å². The normalized spacial score (nSPS) is 31.5. The fourth-order valence-electron chi connectivity index (χ4n) is 2.91. The molecule has 0 aromatic carbocycles. The van der Waals surface area contributed by atoms with Gasteiger partial charge >= 0.3 is 0 Å². The van der Waals surface area contributed by atoms with Gasteiger partial charge in [0, 0.05) is 18.6 Å². The van der Waals surface area contributed by atoms with E-state index in [0.717, 1.165) is 12.1 Å². The lowest BCUT2D eigenvalue weighted by Gasteiger charge is -2.21. The van der Waals surface area contributed by atoms with E-state index >= 15 is 0 Å². The molecular formula is C11H14BrNS. The summed E-state index contributed by atoms with van der Waals surface area (Å²) in [5.41, 5.74) is 1.48. The number of rotatable bonds is 2. The van der Waals surface area contributed by atoms with Crippen molar-refractivity contribution >= 4 is 27.3 Å². The number of hydrogen-bond donors (Lipinski definition) is 0. The van der Waals surface area contributed by atoms with E-state index in [9.17, 15) is 0 Å². The van der Waals surface area contributed by atoms with E-state index in [0.29, 0.717) is 0 Å². The van der Waals surface area contributed by atoms with Gasteiger partial charge in [-0.3, -0.25) is 4.90 Å². The van der Waals surface area contributed by atoms with Gasteiger partial charge in [-0.1, -0.05) is 0 Å². The van der Waals surface area contributed by atoms with Crippen molar-refractivity contribution < 1.29 is 0 Å². The van der Waals surface area contributed by atoms with Gasteiger partial charge in [0.1, 0.15) is 0 Å². The number of halogens is 1. The number of hydrogen-bond acceptors (Lipinski definition) is 2. The molecule has 1 aromatic rings. The molecule has 2 bridgehead atoms. The Hall–Kier alpha value is 0.140. The molecule has 0 radical (unpaired) electrons. The molecule has 3 heterocycles. The smallest absolute Gasteiger partial charge is 0.0743 e. The van der Waals surface area contributed by atoms with Crippen molar-refractivity contribution in [2.45, 2.75) is 44.3 Å². The molecule has 3 rings (SSSR count). The maximum Gasteiger partial charge on any atom is 0.0743 e. The molecule has 0 amide bonds. The van der Waals surface area contributed by atoms with Crippen molar-refractivity contribution in [3.63, 3.8) is 0 Å². The lowest BCUT2D eigenvalue weighted by molar-refractivity contribution is 0.244. The van der Waals surface area contributed by atoms with Crippen LogP contribution in [0.5, 0.6) is 0 Å². The highest BCUT2D eigenvalue weighted by molar-refractivity contribution is 9.11. The van der Waals surface area contributed by atoms with Crippen molar-refractivity contribution in [1.82, 2.24) is 4.90 Å². The standard InChI is InChI=1S/C11H14BrNS/c12-11-8(5-6-14-11)7-13-9-1-2-10(13)4-3-9/h5-6,9-10H,1-4,7H2. The molecule has 0 N–H and O–H groups in total. The van der Waals surface area contributed by atoms with Gasteiger partial charge < -0.3 is 0 Å². The fraction of sp³-hybridized carbons (Fsp3) is 0.636. The zero-order valence-corrected chi connectivity index (χ0v) is 10.5. The van der Waals surface area contributed by atoms with Crippen LogP contribution >= 0.6 is 27.3 Å². The van der Waals surface area contributed by atoms with Crippen LogP contribution in [0.2, 0.25) is 0 Å². The number of nitrogens with zero attached hydrogens (tertiary/aromatic N) is 1. The minimum atomic E-state index is 0.895. The van der Waals surface area contributed by atoms with E-state index in [2.05, 4.69) is 32.3 Å². The zero-order chi connectivity index (χ0) is 9.54. The Morgan fingerprint density at radius 3 is 2.43 bits per heavy atom. The summed E-state index contributed by atoms with van der Waals surface area (Å²) in [6.07, 6.45) is 5.75. The average molecular weight is 272 g/mol. The fourth-order valence-corrected chi connectivity index (χ4v) is 4.12. The molecule has 3 heteroatoms. The summed E-state index contributed by atoms with van der Waals surface area (Å²) in [4.78, 5) is 2.72. The van der Waals surface area contributed by atoms with Crippen LogP contribution in [-0.4, -0.2) is 17.0 Å². The lowest BCUT2D eigenvalue weighted by Crippen LogP contribution is -2.27. The average Bonchev–Trinajstić information content (AvgIpc) is 2.86.